The summed E-state index contributed by atoms with van der Waals surface area (Å²) >= 11 is 0. The lowest BCUT2D eigenvalue weighted by atomic mass is 10.1. The quantitative estimate of drug-likeness (QED) is 0.329. The molecule has 3 aromatic heterocycles. The zero-order valence-electron chi connectivity index (χ0n) is 21.5. The molecule has 36 heavy (non-hydrogen) atoms. The summed E-state index contributed by atoms with van der Waals surface area (Å²) in [6.07, 6.45) is 4.03. The van der Waals surface area contributed by atoms with Gasteiger partial charge in [0, 0.05) is 38.2 Å². The molecular formula is C27H33N5O4. The maximum atomic E-state index is 13.6. The molecule has 0 saturated carbocycles. The Kier molecular flexibility index (Phi) is 7.28. The van der Waals surface area contributed by atoms with Gasteiger partial charge in [0.15, 0.2) is 6.23 Å². The number of nitrogens with zero attached hydrogens (tertiary/aromatic N) is 5. The molecule has 0 amide bonds. The van der Waals surface area contributed by atoms with Crippen molar-refractivity contribution < 1.29 is 9.53 Å². The van der Waals surface area contributed by atoms with E-state index in [-0.39, 0.29) is 11.2 Å². The van der Waals surface area contributed by atoms with Crippen LogP contribution in [-0.2, 0) is 29.2 Å². The Labute approximate surface area is 209 Å². The second kappa shape index (κ2) is 10.4. The summed E-state index contributed by atoms with van der Waals surface area (Å²) in [6.45, 7) is 10.4. The second-order valence-electron chi connectivity index (χ2n) is 9.01. The van der Waals surface area contributed by atoms with Gasteiger partial charge in [0.2, 0.25) is 0 Å². The molecule has 0 fully saturated rings. The van der Waals surface area contributed by atoms with Gasteiger partial charge in [0.25, 0.3) is 5.56 Å². The molecule has 0 spiro atoms. The second-order valence-corrected chi connectivity index (χ2v) is 9.01. The van der Waals surface area contributed by atoms with Crippen LogP contribution in [0.5, 0.6) is 0 Å². The van der Waals surface area contributed by atoms with E-state index in [1.54, 1.807) is 15.3 Å². The maximum Gasteiger partial charge on any atom is 0.331 e. The van der Waals surface area contributed by atoms with E-state index in [0.29, 0.717) is 49.2 Å². The summed E-state index contributed by atoms with van der Waals surface area (Å²) in [5, 5.41) is 4.55. The number of esters is 1. The highest BCUT2D eigenvalue weighted by Gasteiger charge is 2.26. The number of hydrogen-bond acceptors (Lipinski definition) is 5. The Hall–Kier alpha value is -3.88. The minimum absolute atomic E-state index is 0.312. The molecule has 190 valence electrons. The van der Waals surface area contributed by atoms with E-state index in [1.807, 2.05) is 43.8 Å². The normalized spacial score (nSPS) is 12.2. The Morgan fingerprint density at radius 3 is 2.53 bits per heavy atom. The number of aromatic nitrogens is 5. The minimum atomic E-state index is -0.708. The summed E-state index contributed by atoms with van der Waals surface area (Å²) in [5.41, 5.74) is 3.88. The van der Waals surface area contributed by atoms with Crippen molar-refractivity contribution in [1.29, 1.82) is 0 Å². The summed E-state index contributed by atoms with van der Waals surface area (Å²) in [5.74, 6) is -0.442. The zero-order valence-corrected chi connectivity index (χ0v) is 21.5. The predicted molar refractivity (Wildman–Crippen MR) is 139 cm³/mol. The number of carbonyl (C=O) groups excluding carboxylic acids is 1. The van der Waals surface area contributed by atoms with Crippen molar-refractivity contribution in [1.82, 2.24) is 23.5 Å². The highest BCUT2D eigenvalue weighted by molar-refractivity contribution is 5.84. The van der Waals surface area contributed by atoms with E-state index in [0.717, 1.165) is 11.1 Å². The fraction of sp³-hybridized carbons (Fsp3) is 0.407. The molecule has 4 aromatic rings. The van der Waals surface area contributed by atoms with Crippen LogP contribution in [0, 0.1) is 6.92 Å². The van der Waals surface area contributed by atoms with E-state index in [1.165, 1.54) is 17.1 Å². The van der Waals surface area contributed by atoms with Crippen LogP contribution >= 0.6 is 0 Å². The van der Waals surface area contributed by atoms with Crippen molar-refractivity contribution in [2.24, 2.45) is 0 Å². The van der Waals surface area contributed by atoms with Crippen molar-refractivity contribution >= 4 is 17.0 Å². The van der Waals surface area contributed by atoms with Crippen molar-refractivity contribution in [3.8, 4) is 11.3 Å². The Morgan fingerprint density at radius 2 is 1.89 bits per heavy atom. The molecule has 0 bridgehead atoms. The summed E-state index contributed by atoms with van der Waals surface area (Å²) in [6, 6.07) is 10.1. The molecule has 0 aliphatic rings. The van der Waals surface area contributed by atoms with Gasteiger partial charge in [-0.05, 0) is 31.9 Å². The lowest BCUT2D eigenvalue weighted by molar-refractivity contribution is -0.150. The lowest BCUT2D eigenvalue weighted by Gasteiger charge is -2.21. The Bertz CT molecular complexity index is 1520. The average Bonchev–Trinajstić information content (AvgIpc) is 3.45. The predicted octanol–water partition coefficient (Wildman–Crippen LogP) is 4.09. The van der Waals surface area contributed by atoms with Crippen LogP contribution in [0.25, 0.3) is 22.3 Å². The van der Waals surface area contributed by atoms with Crippen molar-refractivity contribution in [3.05, 3.63) is 74.7 Å². The van der Waals surface area contributed by atoms with Crippen molar-refractivity contribution in [2.75, 3.05) is 0 Å². The monoisotopic (exact) mass is 491 g/mol. The standard InChI is InChI=1S/C27H33N5O4/c1-6-12-31-26(34)25-23(30(8-3)27(31)35)14-22(32(25)24(7-2)36-19(5)33)21-15-28-29(17-21)16-20-11-9-10-18(4)13-20/h9-11,13-15,17,24H,6-8,12,16H2,1-5H3. The van der Waals surface area contributed by atoms with Crippen molar-refractivity contribution in [2.45, 2.75) is 73.3 Å². The molecular weight excluding hydrogens is 458 g/mol. The average molecular weight is 492 g/mol. The van der Waals surface area contributed by atoms with E-state index < -0.39 is 12.2 Å². The third-order valence-corrected chi connectivity index (χ3v) is 6.28. The third-order valence-electron chi connectivity index (χ3n) is 6.28. The van der Waals surface area contributed by atoms with Crippen LogP contribution in [0.4, 0.5) is 0 Å². The van der Waals surface area contributed by atoms with E-state index in [2.05, 4.69) is 30.2 Å². The highest BCUT2D eigenvalue weighted by atomic mass is 16.6. The number of rotatable bonds is 9. The van der Waals surface area contributed by atoms with Crippen LogP contribution in [0.2, 0.25) is 0 Å². The molecule has 0 aliphatic heterocycles. The number of aryl methyl sites for hydroxylation is 2. The number of fused-ring (bicyclic) bond motifs is 1. The first-order chi connectivity index (χ1) is 17.3. The first-order valence-electron chi connectivity index (χ1n) is 12.4. The fourth-order valence-electron chi connectivity index (χ4n) is 4.73. The summed E-state index contributed by atoms with van der Waals surface area (Å²) in [7, 11) is 0. The lowest BCUT2D eigenvalue weighted by Crippen LogP contribution is -2.40. The molecule has 0 saturated heterocycles. The zero-order chi connectivity index (χ0) is 26.0. The topological polar surface area (TPSA) is 93.1 Å². The summed E-state index contributed by atoms with van der Waals surface area (Å²) in [4.78, 5) is 38.7. The molecule has 9 nitrogen and oxygen atoms in total. The van der Waals surface area contributed by atoms with Gasteiger partial charge in [-0.25, -0.2) is 4.79 Å². The van der Waals surface area contributed by atoms with Gasteiger partial charge in [-0.1, -0.05) is 43.7 Å². The van der Waals surface area contributed by atoms with Gasteiger partial charge in [0.05, 0.1) is 24.0 Å². The van der Waals surface area contributed by atoms with Crippen LogP contribution in [-0.4, -0.2) is 29.5 Å². The van der Waals surface area contributed by atoms with Crippen LogP contribution in [0.15, 0.2) is 52.3 Å². The number of benzene rings is 1. The fourth-order valence-corrected chi connectivity index (χ4v) is 4.73. The first kappa shape index (κ1) is 25.2. The number of carbonyl (C=O) groups is 1. The Morgan fingerprint density at radius 1 is 1.11 bits per heavy atom. The first-order valence-corrected chi connectivity index (χ1v) is 12.4. The molecule has 4 rings (SSSR count). The van der Waals surface area contributed by atoms with Gasteiger partial charge in [-0.3, -0.25) is 28.0 Å². The number of ether oxygens (including phenoxy) is 1. The Balaban J connectivity index is 1.96. The van der Waals surface area contributed by atoms with Gasteiger partial charge >= 0.3 is 11.7 Å². The molecule has 1 aromatic carbocycles. The summed E-state index contributed by atoms with van der Waals surface area (Å²) < 4.78 is 12.1. The SMILES string of the molecule is CCCn1c(=O)c2c(cc(-c3cnn(Cc4cccc(C)c4)c3)n2C(CC)OC(C)=O)n(CC)c1=O. The van der Waals surface area contributed by atoms with Gasteiger partial charge in [-0.15, -0.1) is 0 Å². The van der Waals surface area contributed by atoms with E-state index in [9.17, 15) is 14.4 Å². The van der Waals surface area contributed by atoms with Gasteiger partial charge in [0.1, 0.15) is 5.52 Å². The number of hydrogen-bond donors (Lipinski definition) is 0. The molecule has 1 atom stereocenters. The molecule has 0 N–H and O–H groups in total. The van der Waals surface area contributed by atoms with Crippen LogP contribution in [0.1, 0.15) is 57.9 Å². The maximum absolute atomic E-state index is 13.6. The van der Waals surface area contributed by atoms with Crippen LogP contribution in [0.3, 0.4) is 0 Å². The third kappa shape index (κ3) is 4.65. The molecule has 9 heteroatoms. The molecule has 1 unspecified atom stereocenters. The molecule has 0 radical (unpaired) electrons. The molecule has 0 aliphatic carbocycles. The minimum Gasteiger partial charge on any atom is -0.441 e. The smallest absolute Gasteiger partial charge is 0.331 e. The molecule has 3 heterocycles. The van der Waals surface area contributed by atoms with Gasteiger partial charge in [-0.2, -0.15) is 5.10 Å². The van der Waals surface area contributed by atoms with Crippen molar-refractivity contribution in [3.63, 3.8) is 0 Å². The van der Waals surface area contributed by atoms with E-state index >= 15 is 0 Å². The van der Waals surface area contributed by atoms with Gasteiger partial charge < -0.3 is 4.74 Å². The van der Waals surface area contributed by atoms with E-state index in [4.69, 9.17) is 4.74 Å². The largest absolute Gasteiger partial charge is 0.441 e. The van der Waals surface area contributed by atoms with Crippen LogP contribution < -0.4 is 11.2 Å². The highest BCUT2D eigenvalue weighted by Crippen LogP contribution is 2.31.